The average molecular weight is 438 g/mol. The van der Waals surface area contributed by atoms with Crippen LogP contribution in [0, 0.1) is 11.7 Å². The average Bonchev–Trinajstić information content (AvgIpc) is 3.20. The van der Waals surface area contributed by atoms with E-state index in [1.165, 1.54) is 11.6 Å². The number of benzene rings is 2. The molecule has 1 aliphatic rings. The summed E-state index contributed by atoms with van der Waals surface area (Å²) in [5, 5.41) is 1.64. The minimum Gasteiger partial charge on any atom is -0.384 e. The maximum Gasteiger partial charge on any atom is 0.123 e. The van der Waals surface area contributed by atoms with Crippen LogP contribution in [0.5, 0.6) is 0 Å². The Morgan fingerprint density at radius 2 is 1.90 bits per heavy atom. The summed E-state index contributed by atoms with van der Waals surface area (Å²) in [6.07, 6.45) is 6.12. The van der Waals surface area contributed by atoms with Gasteiger partial charge in [-0.3, -0.25) is 4.98 Å². The van der Waals surface area contributed by atoms with Gasteiger partial charge in [-0.1, -0.05) is 11.6 Å². The van der Waals surface area contributed by atoms with Gasteiger partial charge in [-0.2, -0.15) is 0 Å². The minimum atomic E-state index is -0.208. The second kappa shape index (κ2) is 8.56. The molecule has 1 aliphatic carbocycles. The zero-order valence-corrected chi connectivity index (χ0v) is 18.2. The van der Waals surface area contributed by atoms with Crippen molar-refractivity contribution in [3.63, 3.8) is 0 Å². The molecule has 5 rings (SSSR count). The molecule has 0 amide bonds. The molecule has 6 heteroatoms. The molecule has 0 bridgehead atoms. The Balaban J connectivity index is 1.37. The highest BCUT2D eigenvalue weighted by Crippen LogP contribution is 2.43. The molecule has 160 valence electrons. The summed E-state index contributed by atoms with van der Waals surface area (Å²) in [4.78, 5) is 12.7. The van der Waals surface area contributed by atoms with Crippen molar-refractivity contribution in [3.8, 4) is 0 Å². The topological polar surface area (TPSA) is 50.8 Å². The SMILES string of the molecule is COCC(c1nc2ccc(Cl)cc2[nH]1)C1CCC(c2ccnc3ccc(F)cc23)CC1. The third-order valence-electron chi connectivity index (χ3n) is 6.68. The number of nitrogens with one attached hydrogen (secondary N) is 1. The minimum absolute atomic E-state index is 0.208. The summed E-state index contributed by atoms with van der Waals surface area (Å²) >= 11 is 6.14. The van der Waals surface area contributed by atoms with E-state index >= 15 is 0 Å². The van der Waals surface area contributed by atoms with Gasteiger partial charge in [0.15, 0.2) is 0 Å². The van der Waals surface area contributed by atoms with E-state index in [1.807, 2.05) is 24.4 Å². The molecule has 0 radical (unpaired) electrons. The molecule has 1 saturated carbocycles. The first-order valence-corrected chi connectivity index (χ1v) is 11.2. The molecule has 1 N–H and O–H groups in total. The summed E-state index contributed by atoms with van der Waals surface area (Å²) < 4.78 is 19.5. The number of nitrogens with zero attached hydrogens (tertiary/aromatic N) is 2. The molecular formula is C25H25ClFN3O. The van der Waals surface area contributed by atoms with Gasteiger partial charge in [-0.25, -0.2) is 9.37 Å². The Kier molecular flexibility index (Phi) is 5.63. The molecule has 2 aromatic carbocycles. The Morgan fingerprint density at radius 3 is 2.71 bits per heavy atom. The highest BCUT2D eigenvalue weighted by Gasteiger charge is 2.31. The van der Waals surface area contributed by atoms with Crippen molar-refractivity contribution in [3.05, 3.63) is 70.9 Å². The summed E-state index contributed by atoms with van der Waals surface area (Å²) in [5.74, 6) is 1.88. The van der Waals surface area contributed by atoms with Crippen molar-refractivity contribution in [2.24, 2.45) is 5.92 Å². The molecule has 4 aromatic rings. The van der Waals surface area contributed by atoms with E-state index < -0.39 is 0 Å². The standard InChI is InChI=1S/C25H25ClFN3O/c1-31-14-21(25-29-23-8-6-17(26)12-24(23)30-25)16-4-2-15(3-5-16)19-10-11-28-22-9-7-18(27)13-20(19)22/h6-13,15-16,21H,2-5,14H2,1H3,(H,29,30). The van der Waals surface area contributed by atoms with Gasteiger partial charge in [-0.15, -0.1) is 0 Å². The molecule has 2 heterocycles. The lowest BCUT2D eigenvalue weighted by atomic mass is 9.73. The van der Waals surface area contributed by atoms with Gasteiger partial charge < -0.3 is 9.72 Å². The summed E-state index contributed by atoms with van der Waals surface area (Å²) in [6, 6.07) is 12.7. The second-order valence-corrected chi connectivity index (χ2v) is 8.96. The summed E-state index contributed by atoms with van der Waals surface area (Å²) in [6.45, 7) is 0.631. The molecule has 4 nitrogen and oxygen atoms in total. The molecule has 2 aromatic heterocycles. The number of aromatic amines is 1. The Morgan fingerprint density at radius 1 is 1.10 bits per heavy atom. The van der Waals surface area contributed by atoms with Gasteiger partial charge in [0.2, 0.25) is 0 Å². The van der Waals surface area contributed by atoms with Crippen LogP contribution in [0.25, 0.3) is 21.9 Å². The maximum atomic E-state index is 13.9. The van der Waals surface area contributed by atoms with Crippen molar-refractivity contribution in [1.29, 1.82) is 0 Å². The number of fused-ring (bicyclic) bond motifs is 2. The number of halogens is 2. The number of ether oxygens (including phenoxy) is 1. The smallest absolute Gasteiger partial charge is 0.123 e. The van der Waals surface area contributed by atoms with Crippen LogP contribution in [0.4, 0.5) is 4.39 Å². The van der Waals surface area contributed by atoms with Crippen LogP contribution in [0.2, 0.25) is 5.02 Å². The summed E-state index contributed by atoms with van der Waals surface area (Å²) in [7, 11) is 1.75. The van der Waals surface area contributed by atoms with E-state index in [4.69, 9.17) is 21.3 Å². The van der Waals surface area contributed by atoms with Crippen LogP contribution in [-0.2, 0) is 4.74 Å². The van der Waals surface area contributed by atoms with E-state index in [1.54, 1.807) is 19.2 Å². The number of H-pyrrole nitrogens is 1. The number of hydrogen-bond acceptors (Lipinski definition) is 3. The monoisotopic (exact) mass is 437 g/mol. The van der Waals surface area contributed by atoms with Crippen LogP contribution in [0.3, 0.4) is 0 Å². The summed E-state index contributed by atoms with van der Waals surface area (Å²) in [5.41, 5.74) is 3.96. The maximum absolute atomic E-state index is 13.9. The van der Waals surface area contributed by atoms with Crippen LogP contribution in [0.1, 0.15) is 48.9 Å². The Labute approximate surface area is 185 Å². The van der Waals surface area contributed by atoms with E-state index in [9.17, 15) is 4.39 Å². The molecule has 1 atom stereocenters. The predicted molar refractivity (Wildman–Crippen MR) is 122 cm³/mol. The number of imidazole rings is 1. The lowest BCUT2D eigenvalue weighted by Crippen LogP contribution is -2.24. The Bertz CT molecular complexity index is 1220. The number of rotatable bonds is 5. The van der Waals surface area contributed by atoms with Gasteiger partial charge in [0.25, 0.3) is 0 Å². The largest absolute Gasteiger partial charge is 0.384 e. The molecule has 0 spiro atoms. The number of aromatic nitrogens is 3. The lowest BCUT2D eigenvalue weighted by Gasteiger charge is -2.33. The van der Waals surface area contributed by atoms with Crippen LogP contribution < -0.4 is 0 Å². The normalized spacial score (nSPS) is 20.4. The van der Waals surface area contributed by atoms with E-state index in [0.29, 0.717) is 23.5 Å². The zero-order valence-electron chi connectivity index (χ0n) is 17.4. The molecule has 0 aliphatic heterocycles. The van der Waals surface area contributed by atoms with Crippen molar-refractivity contribution in [2.45, 2.75) is 37.5 Å². The third-order valence-corrected chi connectivity index (χ3v) is 6.91. The number of methoxy groups -OCH3 is 1. The first-order valence-electron chi connectivity index (χ1n) is 10.8. The zero-order chi connectivity index (χ0) is 21.4. The van der Waals surface area contributed by atoms with Crippen molar-refractivity contribution < 1.29 is 9.13 Å². The molecule has 31 heavy (non-hydrogen) atoms. The molecule has 0 saturated heterocycles. The first kappa shape index (κ1) is 20.4. The van der Waals surface area contributed by atoms with Gasteiger partial charge in [0.1, 0.15) is 11.6 Å². The first-order chi connectivity index (χ1) is 15.1. The van der Waals surface area contributed by atoms with Gasteiger partial charge in [-0.05, 0) is 85.5 Å². The van der Waals surface area contributed by atoms with Gasteiger partial charge in [0.05, 0.1) is 23.2 Å². The van der Waals surface area contributed by atoms with E-state index in [2.05, 4.69) is 16.0 Å². The van der Waals surface area contributed by atoms with Gasteiger partial charge in [0, 0.05) is 29.6 Å². The van der Waals surface area contributed by atoms with Crippen molar-refractivity contribution in [1.82, 2.24) is 15.0 Å². The van der Waals surface area contributed by atoms with Crippen LogP contribution in [0.15, 0.2) is 48.7 Å². The van der Waals surface area contributed by atoms with Crippen molar-refractivity contribution >= 4 is 33.5 Å². The van der Waals surface area contributed by atoms with E-state index in [0.717, 1.165) is 53.4 Å². The number of pyridine rings is 1. The second-order valence-electron chi connectivity index (χ2n) is 8.52. The van der Waals surface area contributed by atoms with Crippen LogP contribution in [-0.4, -0.2) is 28.7 Å². The number of hydrogen-bond donors (Lipinski definition) is 1. The van der Waals surface area contributed by atoms with Crippen molar-refractivity contribution in [2.75, 3.05) is 13.7 Å². The van der Waals surface area contributed by atoms with E-state index in [-0.39, 0.29) is 11.7 Å². The predicted octanol–water partition coefficient (Wildman–Crippen LogP) is 6.61. The molecular weight excluding hydrogens is 413 g/mol. The van der Waals surface area contributed by atoms with Crippen LogP contribution >= 0.6 is 11.6 Å². The highest BCUT2D eigenvalue weighted by atomic mass is 35.5. The third kappa shape index (κ3) is 4.04. The fourth-order valence-electron chi connectivity index (χ4n) is 5.12. The quantitative estimate of drug-likeness (QED) is 0.382. The fourth-order valence-corrected chi connectivity index (χ4v) is 5.30. The molecule has 1 unspecified atom stereocenters. The lowest BCUT2D eigenvalue weighted by molar-refractivity contribution is 0.135. The highest BCUT2D eigenvalue weighted by molar-refractivity contribution is 6.31. The van der Waals surface area contributed by atoms with Gasteiger partial charge >= 0.3 is 0 Å². The Hall–Kier alpha value is -2.50. The molecule has 1 fully saturated rings. The fraction of sp³-hybridized carbons (Fsp3) is 0.360.